The van der Waals surface area contributed by atoms with E-state index in [0.717, 1.165) is 54.2 Å². The van der Waals surface area contributed by atoms with E-state index in [4.69, 9.17) is 4.74 Å². The molecule has 3 aromatic carbocycles. The van der Waals surface area contributed by atoms with Gasteiger partial charge in [0.15, 0.2) is 0 Å². The average molecular weight is 524 g/mol. The summed E-state index contributed by atoms with van der Waals surface area (Å²) in [7, 11) is 0. The number of thiazole rings is 1. The van der Waals surface area contributed by atoms with E-state index in [1.807, 2.05) is 69.8 Å². The summed E-state index contributed by atoms with van der Waals surface area (Å²) in [6, 6.07) is 25.6. The predicted molar refractivity (Wildman–Crippen MR) is 147 cm³/mol. The van der Waals surface area contributed by atoms with Gasteiger partial charge in [-0.25, -0.2) is 4.98 Å². The standard InChI is InChI=1S/C31H29N3O3S/c35-30(24-11-5-2-6-12-24)34-18-15-22-13-14-25(19-26(22)29(34)23-9-3-1-4-10-23)37-20-28-32-27(21-38-28)31(36)33-16-7-8-17-33/h1-6,9-14,19,21,29H,7-8,15-18,20H2/t29-/m0/s1. The molecule has 1 aromatic heterocycles. The first-order valence-electron chi connectivity index (χ1n) is 13.1. The lowest BCUT2D eigenvalue weighted by Gasteiger charge is -2.38. The summed E-state index contributed by atoms with van der Waals surface area (Å²) in [4.78, 5) is 34.6. The van der Waals surface area contributed by atoms with Crippen LogP contribution in [0.2, 0.25) is 0 Å². The van der Waals surface area contributed by atoms with Gasteiger partial charge in [-0.15, -0.1) is 11.3 Å². The molecule has 2 aliphatic rings. The quantitative estimate of drug-likeness (QED) is 0.323. The van der Waals surface area contributed by atoms with Gasteiger partial charge in [-0.3, -0.25) is 9.59 Å². The lowest BCUT2D eigenvalue weighted by Crippen LogP contribution is -2.40. The Morgan fingerprint density at radius 3 is 2.39 bits per heavy atom. The molecule has 192 valence electrons. The zero-order valence-electron chi connectivity index (χ0n) is 21.1. The second-order valence-electron chi connectivity index (χ2n) is 9.70. The fourth-order valence-corrected chi connectivity index (χ4v) is 6.03. The normalized spacial score (nSPS) is 16.8. The fraction of sp³-hybridized carbons (Fsp3) is 0.258. The molecular formula is C31H29N3O3S. The highest BCUT2D eigenvalue weighted by Crippen LogP contribution is 2.38. The smallest absolute Gasteiger partial charge is 0.273 e. The number of likely N-dealkylation sites (tertiary alicyclic amines) is 1. The van der Waals surface area contributed by atoms with Crippen molar-refractivity contribution in [3.63, 3.8) is 0 Å². The third-order valence-electron chi connectivity index (χ3n) is 7.27. The molecule has 0 radical (unpaired) electrons. The maximum Gasteiger partial charge on any atom is 0.273 e. The van der Waals surface area contributed by atoms with E-state index < -0.39 is 0 Å². The van der Waals surface area contributed by atoms with Crippen molar-refractivity contribution in [3.05, 3.63) is 117 Å². The van der Waals surface area contributed by atoms with Gasteiger partial charge in [-0.05, 0) is 60.2 Å². The molecule has 0 N–H and O–H groups in total. The van der Waals surface area contributed by atoms with Crippen molar-refractivity contribution in [1.82, 2.24) is 14.8 Å². The molecular weight excluding hydrogens is 494 g/mol. The number of hydrogen-bond acceptors (Lipinski definition) is 5. The lowest BCUT2D eigenvalue weighted by molar-refractivity contribution is 0.0693. The monoisotopic (exact) mass is 523 g/mol. The summed E-state index contributed by atoms with van der Waals surface area (Å²) >= 11 is 1.45. The van der Waals surface area contributed by atoms with Crippen LogP contribution in [0.3, 0.4) is 0 Å². The van der Waals surface area contributed by atoms with E-state index in [1.54, 1.807) is 0 Å². The molecule has 0 bridgehead atoms. The van der Waals surface area contributed by atoms with Gasteiger partial charge in [0, 0.05) is 30.6 Å². The number of nitrogens with zero attached hydrogens (tertiary/aromatic N) is 3. The zero-order chi connectivity index (χ0) is 25.9. The molecule has 2 aliphatic heterocycles. The van der Waals surface area contributed by atoms with Crippen LogP contribution in [-0.2, 0) is 13.0 Å². The first kappa shape index (κ1) is 24.4. The Morgan fingerprint density at radius 2 is 1.63 bits per heavy atom. The number of rotatable bonds is 6. The van der Waals surface area contributed by atoms with E-state index in [0.29, 0.717) is 24.4 Å². The maximum absolute atomic E-state index is 13.6. The van der Waals surface area contributed by atoms with E-state index in [1.165, 1.54) is 16.9 Å². The van der Waals surface area contributed by atoms with Crippen LogP contribution in [0.1, 0.15) is 61.4 Å². The second-order valence-corrected chi connectivity index (χ2v) is 10.6. The minimum Gasteiger partial charge on any atom is -0.486 e. The van der Waals surface area contributed by atoms with Gasteiger partial charge in [0.2, 0.25) is 0 Å². The molecule has 2 amide bonds. The number of ether oxygens (including phenoxy) is 1. The summed E-state index contributed by atoms with van der Waals surface area (Å²) < 4.78 is 6.16. The van der Waals surface area contributed by atoms with Crippen LogP contribution in [-0.4, -0.2) is 46.2 Å². The Bertz CT molecular complexity index is 1430. The van der Waals surface area contributed by atoms with Crippen molar-refractivity contribution < 1.29 is 14.3 Å². The summed E-state index contributed by atoms with van der Waals surface area (Å²) in [6.45, 7) is 2.56. The van der Waals surface area contributed by atoms with E-state index in [2.05, 4.69) is 29.2 Å². The Hall–Kier alpha value is -3.97. The van der Waals surface area contributed by atoms with Crippen LogP contribution in [0.4, 0.5) is 0 Å². The van der Waals surface area contributed by atoms with Crippen LogP contribution in [0.15, 0.2) is 84.2 Å². The van der Waals surface area contributed by atoms with Crippen molar-refractivity contribution in [1.29, 1.82) is 0 Å². The van der Waals surface area contributed by atoms with Gasteiger partial charge in [-0.2, -0.15) is 0 Å². The molecule has 0 aliphatic carbocycles. The van der Waals surface area contributed by atoms with Gasteiger partial charge in [0.05, 0.1) is 6.04 Å². The number of carbonyl (C=O) groups excluding carboxylic acids is 2. The number of aromatic nitrogens is 1. The molecule has 7 heteroatoms. The fourth-order valence-electron chi connectivity index (χ4n) is 5.35. The highest BCUT2D eigenvalue weighted by molar-refractivity contribution is 7.09. The van der Waals surface area contributed by atoms with Crippen molar-refractivity contribution in [2.24, 2.45) is 0 Å². The molecule has 1 saturated heterocycles. The van der Waals surface area contributed by atoms with Crippen LogP contribution < -0.4 is 4.74 Å². The third-order valence-corrected chi connectivity index (χ3v) is 8.09. The summed E-state index contributed by atoms with van der Waals surface area (Å²) in [6.07, 6.45) is 2.90. The SMILES string of the molecule is O=C(c1csc(COc2ccc3c(c2)[C@H](c2ccccc2)N(C(=O)c2ccccc2)CC3)n1)N1CCCC1. The number of hydrogen-bond donors (Lipinski definition) is 0. The van der Waals surface area contributed by atoms with Crippen molar-refractivity contribution in [2.45, 2.75) is 31.9 Å². The van der Waals surface area contributed by atoms with E-state index in [9.17, 15) is 9.59 Å². The van der Waals surface area contributed by atoms with Gasteiger partial charge in [0.1, 0.15) is 23.1 Å². The third kappa shape index (κ3) is 4.94. The maximum atomic E-state index is 13.6. The molecule has 1 atom stereocenters. The summed E-state index contributed by atoms with van der Waals surface area (Å²) in [5, 5.41) is 2.59. The van der Waals surface area contributed by atoms with Crippen molar-refractivity contribution >= 4 is 23.2 Å². The molecule has 0 unspecified atom stereocenters. The minimum absolute atomic E-state index is 0.00709. The Balaban J connectivity index is 1.25. The van der Waals surface area contributed by atoms with Crippen LogP contribution in [0.25, 0.3) is 0 Å². The highest BCUT2D eigenvalue weighted by atomic mass is 32.1. The Labute approximate surface area is 226 Å². The molecule has 0 saturated carbocycles. The number of benzene rings is 3. The zero-order valence-corrected chi connectivity index (χ0v) is 21.9. The number of carbonyl (C=O) groups is 2. The molecule has 4 aromatic rings. The highest BCUT2D eigenvalue weighted by Gasteiger charge is 2.33. The summed E-state index contributed by atoms with van der Waals surface area (Å²) in [5.41, 5.74) is 4.55. The molecule has 6 rings (SSSR count). The van der Waals surface area contributed by atoms with E-state index >= 15 is 0 Å². The second kappa shape index (κ2) is 10.8. The van der Waals surface area contributed by atoms with Gasteiger partial charge >= 0.3 is 0 Å². The lowest BCUT2D eigenvalue weighted by atomic mass is 9.87. The van der Waals surface area contributed by atoms with Crippen LogP contribution >= 0.6 is 11.3 Å². The molecule has 1 fully saturated rings. The van der Waals surface area contributed by atoms with Crippen LogP contribution in [0.5, 0.6) is 5.75 Å². The molecule has 0 spiro atoms. The largest absolute Gasteiger partial charge is 0.486 e. The number of fused-ring (bicyclic) bond motifs is 1. The molecule has 38 heavy (non-hydrogen) atoms. The minimum atomic E-state index is -0.208. The summed E-state index contributed by atoms with van der Waals surface area (Å²) in [5.74, 6) is 0.753. The van der Waals surface area contributed by atoms with Crippen molar-refractivity contribution in [3.8, 4) is 5.75 Å². The first-order valence-corrected chi connectivity index (χ1v) is 14.0. The van der Waals surface area contributed by atoms with Crippen molar-refractivity contribution in [2.75, 3.05) is 19.6 Å². The van der Waals surface area contributed by atoms with Gasteiger partial charge in [0.25, 0.3) is 11.8 Å². The van der Waals surface area contributed by atoms with Crippen LogP contribution in [0, 0.1) is 0 Å². The topological polar surface area (TPSA) is 62.7 Å². The first-order chi connectivity index (χ1) is 18.7. The van der Waals surface area contributed by atoms with E-state index in [-0.39, 0.29) is 17.9 Å². The van der Waals surface area contributed by atoms with Gasteiger partial charge in [-0.1, -0.05) is 54.6 Å². The molecule has 3 heterocycles. The Kier molecular flexibility index (Phi) is 6.92. The number of amides is 2. The molecule has 6 nitrogen and oxygen atoms in total. The predicted octanol–water partition coefficient (Wildman–Crippen LogP) is 5.75. The van der Waals surface area contributed by atoms with Gasteiger partial charge < -0.3 is 14.5 Å². The Morgan fingerprint density at radius 1 is 0.895 bits per heavy atom. The average Bonchev–Trinajstić information content (AvgIpc) is 3.69.